The summed E-state index contributed by atoms with van der Waals surface area (Å²) in [5.41, 5.74) is 0. The molecule has 1 heterocycles. The smallest absolute Gasteiger partial charge is 0.262 e. The average Bonchev–Trinajstić information content (AvgIpc) is 2.38. The first-order valence-electron chi connectivity index (χ1n) is 4.98. The number of carbonyl (C=O) groups excluding carboxylic acids is 1. The van der Waals surface area contributed by atoms with E-state index >= 15 is 0 Å². The molecule has 88 valence electrons. The molecule has 6 heteroatoms. The van der Waals surface area contributed by atoms with Gasteiger partial charge in [-0.1, -0.05) is 0 Å². The molecule has 1 atom stereocenters. The van der Waals surface area contributed by atoms with Gasteiger partial charge in [-0.15, -0.1) is 12.4 Å². The van der Waals surface area contributed by atoms with Crippen LogP contribution in [-0.4, -0.2) is 30.5 Å². The molecule has 0 aromatic rings. The number of amides is 1. The van der Waals surface area contributed by atoms with E-state index in [2.05, 4.69) is 10.6 Å². The van der Waals surface area contributed by atoms with Crippen molar-refractivity contribution in [2.24, 2.45) is 0 Å². The van der Waals surface area contributed by atoms with Crippen LogP contribution >= 0.6 is 12.4 Å². The van der Waals surface area contributed by atoms with Gasteiger partial charge in [-0.25, -0.2) is 8.78 Å². The molecular weight excluding hydrogens is 226 g/mol. The molecule has 0 spiro atoms. The lowest BCUT2D eigenvalue weighted by Gasteiger charge is -2.27. The molecule has 15 heavy (non-hydrogen) atoms. The fourth-order valence-corrected chi connectivity index (χ4v) is 1.76. The van der Waals surface area contributed by atoms with Gasteiger partial charge >= 0.3 is 0 Å². The summed E-state index contributed by atoms with van der Waals surface area (Å²) in [6, 6.07) is -0.482. The lowest BCUT2D eigenvalue weighted by molar-refractivity contribution is -0.124. The average molecular weight is 241 g/mol. The zero-order chi connectivity index (χ0) is 10.2. The van der Waals surface area contributed by atoms with E-state index in [0.29, 0.717) is 0 Å². The van der Waals surface area contributed by atoms with E-state index in [1.54, 1.807) is 0 Å². The van der Waals surface area contributed by atoms with Crippen LogP contribution in [0.5, 0.6) is 0 Å². The lowest BCUT2D eigenvalue weighted by Crippen LogP contribution is -2.47. The van der Waals surface area contributed by atoms with Gasteiger partial charge in [-0.3, -0.25) is 10.1 Å². The van der Waals surface area contributed by atoms with E-state index in [9.17, 15) is 13.6 Å². The Balaban J connectivity index is 0.00000112. The molecule has 1 aliphatic heterocycles. The normalized spacial score (nSPS) is 29.1. The third kappa shape index (κ3) is 3.01. The minimum Gasteiger partial charge on any atom is -0.352 e. The minimum absolute atomic E-state index is 0. The van der Waals surface area contributed by atoms with Gasteiger partial charge in [0.1, 0.15) is 0 Å². The Morgan fingerprint density at radius 2 is 2.07 bits per heavy atom. The molecule has 0 bridgehead atoms. The fraction of sp³-hybridized carbons (Fsp3) is 0.889. The van der Waals surface area contributed by atoms with Gasteiger partial charge in [0.15, 0.2) is 0 Å². The highest BCUT2D eigenvalue weighted by Gasteiger charge is 2.42. The highest BCUT2D eigenvalue weighted by Crippen LogP contribution is 2.26. The maximum atomic E-state index is 12.7. The summed E-state index contributed by atoms with van der Waals surface area (Å²) in [5, 5.41) is 5.30. The molecule has 1 saturated heterocycles. The number of nitrogens with one attached hydrogen (secondary N) is 2. The molecule has 0 radical (unpaired) electrons. The third-order valence-corrected chi connectivity index (χ3v) is 2.88. The molecule has 1 amide bonds. The second-order valence-corrected chi connectivity index (χ2v) is 4.13. The van der Waals surface area contributed by atoms with Crippen LogP contribution < -0.4 is 10.6 Å². The van der Waals surface area contributed by atoms with Gasteiger partial charge in [-0.05, 0) is 19.3 Å². The maximum Gasteiger partial charge on any atom is 0.262 e. The first-order chi connectivity index (χ1) is 6.57. The maximum absolute atomic E-state index is 12.7. The summed E-state index contributed by atoms with van der Waals surface area (Å²) < 4.78 is 25.5. The Hall–Kier alpha value is -0.420. The first-order valence-corrected chi connectivity index (χ1v) is 4.98. The third-order valence-electron chi connectivity index (χ3n) is 2.88. The number of rotatable bonds is 2. The van der Waals surface area contributed by atoms with E-state index in [1.807, 2.05) is 0 Å². The van der Waals surface area contributed by atoms with Gasteiger partial charge in [-0.2, -0.15) is 0 Å². The Labute approximate surface area is 93.4 Å². The van der Waals surface area contributed by atoms with Crippen molar-refractivity contribution >= 4 is 18.3 Å². The molecular formula is C9H15ClF2N2O. The Kier molecular flexibility index (Phi) is 3.89. The number of carbonyl (C=O) groups is 1. The Bertz CT molecular complexity index is 246. The van der Waals surface area contributed by atoms with Crippen molar-refractivity contribution in [3.63, 3.8) is 0 Å². The molecule has 2 N–H and O–H groups in total. The number of halogens is 3. The van der Waals surface area contributed by atoms with Crippen LogP contribution in [0.3, 0.4) is 0 Å². The van der Waals surface area contributed by atoms with E-state index in [4.69, 9.17) is 0 Å². The molecule has 1 aliphatic carbocycles. The van der Waals surface area contributed by atoms with E-state index < -0.39 is 12.0 Å². The van der Waals surface area contributed by atoms with Gasteiger partial charge in [0, 0.05) is 12.5 Å². The van der Waals surface area contributed by atoms with E-state index in [0.717, 1.165) is 19.3 Å². The molecule has 2 rings (SSSR count). The van der Waals surface area contributed by atoms with Crippen LogP contribution in [-0.2, 0) is 4.79 Å². The van der Waals surface area contributed by atoms with Crippen LogP contribution in [0.25, 0.3) is 0 Å². The zero-order valence-corrected chi connectivity index (χ0v) is 9.08. The summed E-state index contributed by atoms with van der Waals surface area (Å²) >= 11 is 0. The fourth-order valence-electron chi connectivity index (χ4n) is 1.76. The predicted molar refractivity (Wildman–Crippen MR) is 54.4 cm³/mol. The molecule has 3 nitrogen and oxygen atoms in total. The summed E-state index contributed by atoms with van der Waals surface area (Å²) in [4.78, 5) is 11.4. The molecule has 1 unspecified atom stereocenters. The molecule has 1 saturated carbocycles. The molecule has 2 aliphatic rings. The van der Waals surface area contributed by atoms with E-state index in [-0.39, 0.29) is 37.3 Å². The van der Waals surface area contributed by atoms with Crippen molar-refractivity contribution in [3.05, 3.63) is 0 Å². The van der Waals surface area contributed by atoms with Gasteiger partial charge in [0.2, 0.25) is 5.91 Å². The summed E-state index contributed by atoms with van der Waals surface area (Å²) in [6.45, 7) is -0.379. The quantitative estimate of drug-likeness (QED) is 0.758. The number of hydrogen-bond donors (Lipinski definition) is 2. The SMILES string of the molecule is Cl.O=C(NC1CCC1)C1CC(F)(F)CN1. The second-order valence-electron chi connectivity index (χ2n) is 4.13. The summed E-state index contributed by atoms with van der Waals surface area (Å²) in [6.07, 6.45) is 2.72. The number of hydrogen-bond acceptors (Lipinski definition) is 2. The zero-order valence-electron chi connectivity index (χ0n) is 8.26. The second kappa shape index (κ2) is 4.61. The van der Waals surface area contributed by atoms with Crippen molar-refractivity contribution in [1.29, 1.82) is 0 Å². The van der Waals surface area contributed by atoms with Crippen LogP contribution in [0.1, 0.15) is 25.7 Å². The Morgan fingerprint density at radius 3 is 2.47 bits per heavy atom. The van der Waals surface area contributed by atoms with Crippen molar-refractivity contribution in [2.75, 3.05) is 6.54 Å². The number of alkyl halides is 2. The van der Waals surface area contributed by atoms with Crippen molar-refractivity contribution in [2.45, 2.75) is 43.7 Å². The lowest BCUT2D eigenvalue weighted by atomic mass is 9.93. The van der Waals surface area contributed by atoms with Crippen molar-refractivity contribution < 1.29 is 13.6 Å². The van der Waals surface area contributed by atoms with Crippen LogP contribution in [0, 0.1) is 0 Å². The van der Waals surface area contributed by atoms with Gasteiger partial charge in [0.05, 0.1) is 12.6 Å². The van der Waals surface area contributed by atoms with Crippen LogP contribution in [0.4, 0.5) is 8.78 Å². The first kappa shape index (κ1) is 12.6. The van der Waals surface area contributed by atoms with Crippen molar-refractivity contribution in [1.82, 2.24) is 10.6 Å². The molecule has 0 aromatic carbocycles. The molecule has 0 aromatic heterocycles. The van der Waals surface area contributed by atoms with Crippen LogP contribution in [0.15, 0.2) is 0 Å². The van der Waals surface area contributed by atoms with E-state index in [1.165, 1.54) is 0 Å². The standard InChI is InChI=1S/C9H14F2N2O.ClH/c10-9(11)4-7(12-5-9)8(14)13-6-2-1-3-6;/h6-7,12H,1-5H2,(H,13,14);1H. The molecule has 2 fully saturated rings. The monoisotopic (exact) mass is 240 g/mol. The minimum atomic E-state index is -2.72. The van der Waals surface area contributed by atoms with Gasteiger partial charge in [0.25, 0.3) is 5.92 Å². The van der Waals surface area contributed by atoms with Crippen LogP contribution in [0.2, 0.25) is 0 Å². The topological polar surface area (TPSA) is 41.1 Å². The highest BCUT2D eigenvalue weighted by atomic mass is 35.5. The summed E-state index contributed by atoms with van der Waals surface area (Å²) in [5.74, 6) is -2.99. The highest BCUT2D eigenvalue weighted by molar-refractivity contribution is 5.85. The largest absolute Gasteiger partial charge is 0.352 e. The predicted octanol–water partition coefficient (Wildman–Crippen LogP) is 1.07. The summed E-state index contributed by atoms with van der Waals surface area (Å²) in [7, 11) is 0. The van der Waals surface area contributed by atoms with Gasteiger partial charge < -0.3 is 5.32 Å². The van der Waals surface area contributed by atoms with Crippen molar-refractivity contribution in [3.8, 4) is 0 Å². The Morgan fingerprint density at radius 1 is 1.40 bits per heavy atom.